The number of morpholine rings is 1. The van der Waals surface area contributed by atoms with Crippen molar-refractivity contribution in [2.75, 3.05) is 33.4 Å². The van der Waals surface area contributed by atoms with E-state index in [4.69, 9.17) is 9.47 Å². The van der Waals surface area contributed by atoms with Crippen molar-refractivity contribution >= 4 is 5.91 Å². The monoisotopic (exact) mass is 359 g/mol. The number of nitrogens with zero attached hydrogens (tertiary/aromatic N) is 1. The number of hydrogen-bond donors (Lipinski definition) is 1. The van der Waals surface area contributed by atoms with Crippen molar-refractivity contribution in [1.29, 1.82) is 0 Å². The Morgan fingerprint density at radius 3 is 2.65 bits per heavy atom. The number of aliphatic hydroxyl groups excluding tert-OH is 1. The summed E-state index contributed by atoms with van der Waals surface area (Å²) in [4.78, 5) is 14.4. The summed E-state index contributed by atoms with van der Waals surface area (Å²) in [5.41, 5.74) is -0.0199. The van der Waals surface area contributed by atoms with Crippen molar-refractivity contribution < 1.29 is 23.8 Å². The molecule has 2 aromatic rings. The van der Waals surface area contributed by atoms with Gasteiger partial charge in [-0.15, -0.1) is 0 Å². The summed E-state index contributed by atoms with van der Waals surface area (Å²) in [6.45, 7) is 0.608. The van der Waals surface area contributed by atoms with Gasteiger partial charge in [0.05, 0.1) is 26.9 Å². The molecule has 1 fully saturated rings. The molecule has 0 bridgehead atoms. The summed E-state index contributed by atoms with van der Waals surface area (Å²) in [5, 5.41) is 9.93. The van der Waals surface area contributed by atoms with Crippen LogP contribution in [0.2, 0.25) is 0 Å². The van der Waals surface area contributed by atoms with Gasteiger partial charge < -0.3 is 19.5 Å². The zero-order chi connectivity index (χ0) is 18.6. The van der Waals surface area contributed by atoms with Crippen LogP contribution in [0.25, 0.3) is 0 Å². The Morgan fingerprint density at radius 1 is 1.27 bits per heavy atom. The molecule has 0 unspecified atom stereocenters. The molecule has 1 atom stereocenters. The molecule has 26 heavy (non-hydrogen) atoms. The predicted octanol–water partition coefficient (Wildman–Crippen LogP) is 2.28. The largest absolute Gasteiger partial charge is 0.497 e. The number of carbonyl (C=O) groups is 1. The molecular formula is C20H22FNO4. The first-order valence-electron chi connectivity index (χ1n) is 8.48. The van der Waals surface area contributed by atoms with Crippen LogP contribution in [0.3, 0.4) is 0 Å². The van der Waals surface area contributed by atoms with Crippen LogP contribution in [0, 0.1) is 5.82 Å². The van der Waals surface area contributed by atoms with Crippen LogP contribution >= 0.6 is 0 Å². The van der Waals surface area contributed by atoms with Crippen LogP contribution in [0.15, 0.2) is 48.5 Å². The molecule has 1 heterocycles. The van der Waals surface area contributed by atoms with E-state index in [0.29, 0.717) is 23.4 Å². The highest BCUT2D eigenvalue weighted by Crippen LogP contribution is 2.25. The molecule has 3 rings (SSSR count). The number of rotatable bonds is 5. The molecule has 0 aliphatic carbocycles. The van der Waals surface area contributed by atoms with Crippen molar-refractivity contribution in [3.05, 3.63) is 65.5 Å². The maximum atomic E-state index is 14.0. The molecule has 0 saturated carbocycles. The quantitative estimate of drug-likeness (QED) is 0.890. The van der Waals surface area contributed by atoms with Gasteiger partial charge in [-0.2, -0.15) is 0 Å². The molecule has 0 aromatic heterocycles. The van der Waals surface area contributed by atoms with Gasteiger partial charge in [0.1, 0.15) is 17.2 Å². The van der Waals surface area contributed by atoms with E-state index in [1.807, 2.05) is 0 Å². The Bertz CT molecular complexity index is 765. The third kappa shape index (κ3) is 3.86. The fourth-order valence-electron chi connectivity index (χ4n) is 3.18. The second-order valence-corrected chi connectivity index (χ2v) is 6.41. The first-order chi connectivity index (χ1) is 12.6. The van der Waals surface area contributed by atoms with Crippen LogP contribution < -0.4 is 4.74 Å². The van der Waals surface area contributed by atoms with Gasteiger partial charge >= 0.3 is 0 Å². The van der Waals surface area contributed by atoms with Gasteiger partial charge in [0.2, 0.25) is 0 Å². The lowest BCUT2D eigenvalue weighted by molar-refractivity contribution is -0.123. The van der Waals surface area contributed by atoms with E-state index in [9.17, 15) is 14.3 Å². The van der Waals surface area contributed by atoms with Crippen molar-refractivity contribution in [3.8, 4) is 5.75 Å². The van der Waals surface area contributed by atoms with E-state index >= 15 is 0 Å². The van der Waals surface area contributed by atoms with Gasteiger partial charge in [-0.25, -0.2) is 4.39 Å². The van der Waals surface area contributed by atoms with E-state index in [-0.39, 0.29) is 37.9 Å². The molecular weight excluding hydrogens is 337 g/mol. The molecule has 138 valence electrons. The molecule has 1 saturated heterocycles. The van der Waals surface area contributed by atoms with Gasteiger partial charge in [0.15, 0.2) is 0 Å². The zero-order valence-corrected chi connectivity index (χ0v) is 14.7. The minimum absolute atomic E-state index is 0.151. The smallest absolute Gasteiger partial charge is 0.254 e. The minimum Gasteiger partial charge on any atom is -0.497 e. The zero-order valence-electron chi connectivity index (χ0n) is 14.7. The van der Waals surface area contributed by atoms with E-state index in [1.54, 1.807) is 54.5 Å². The summed E-state index contributed by atoms with van der Waals surface area (Å²) >= 11 is 0. The number of benzene rings is 2. The normalized spacial score (nSPS) is 20.0. The lowest BCUT2D eigenvalue weighted by atomic mass is 9.92. The van der Waals surface area contributed by atoms with E-state index in [1.165, 1.54) is 6.07 Å². The van der Waals surface area contributed by atoms with Gasteiger partial charge in [-0.3, -0.25) is 4.79 Å². The Labute approximate surface area is 152 Å². The third-order valence-corrected chi connectivity index (χ3v) is 4.63. The molecule has 1 N–H and O–H groups in total. The van der Waals surface area contributed by atoms with Crippen molar-refractivity contribution in [3.63, 3.8) is 0 Å². The van der Waals surface area contributed by atoms with Gasteiger partial charge in [0, 0.05) is 18.5 Å². The fourth-order valence-corrected chi connectivity index (χ4v) is 3.18. The number of methoxy groups -OCH3 is 1. The lowest BCUT2D eigenvalue weighted by Gasteiger charge is -2.42. The summed E-state index contributed by atoms with van der Waals surface area (Å²) in [7, 11) is 1.57. The SMILES string of the molecule is COc1ccc(C(=O)N2CCO[C@](CO)(Cc3ccccc3F)C2)cc1. The fraction of sp³-hybridized carbons (Fsp3) is 0.350. The van der Waals surface area contributed by atoms with Crippen LogP contribution in [0.4, 0.5) is 4.39 Å². The minimum atomic E-state index is -1.01. The number of aliphatic hydroxyl groups is 1. The van der Waals surface area contributed by atoms with Crippen molar-refractivity contribution in [2.45, 2.75) is 12.0 Å². The average Bonchev–Trinajstić information content (AvgIpc) is 2.69. The highest BCUT2D eigenvalue weighted by atomic mass is 19.1. The first kappa shape index (κ1) is 18.4. The standard InChI is InChI=1S/C20H22FNO4/c1-25-17-8-6-15(7-9-17)19(24)22-10-11-26-20(13-22,14-23)12-16-4-2-3-5-18(16)21/h2-9,23H,10-14H2,1H3/t20-/m1/s1. The van der Waals surface area contributed by atoms with Crippen LogP contribution in [0.1, 0.15) is 15.9 Å². The maximum Gasteiger partial charge on any atom is 0.254 e. The summed E-state index contributed by atoms with van der Waals surface area (Å²) in [5.74, 6) is 0.178. The van der Waals surface area contributed by atoms with Crippen molar-refractivity contribution in [1.82, 2.24) is 4.90 Å². The van der Waals surface area contributed by atoms with E-state index < -0.39 is 5.60 Å². The first-order valence-corrected chi connectivity index (χ1v) is 8.48. The summed E-state index contributed by atoms with van der Waals surface area (Å²) < 4.78 is 24.9. The Hall–Kier alpha value is -2.44. The van der Waals surface area contributed by atoms with E-state index in [2.05, 4.69) is 0 Å². The molecule has 1 aliphatic rings. The van der Waals surface area contributed by atoms with Crippen LogP contribution in [0.5, 0.6) is 5.75 Å². The van der Waals surface area contributed by atoms with Crippen molar-refractivity contribution in [2.24, 2.45) is 0 Å². The molecule has 0 radical (unpaired) electrons. The second-order valence-electron chi connectivity index (χ2n) is 6.41. The molecule has 5 nitrogen and oxygen atoms in total. The molecule has 1 aliphatic heterocycles. The molecule has 2 aromatic carbocycles. The van der Waals surface area contributed by atoms with Crippen LogP contribution in [-0.2, 0) is 11.2 Å². The highest BCUT2D eigenvalue weighted by Gasteiger charge is 2.39. The lowest BCUT2D eigenvalue weighted by Crippen LogP contribution is -2.56. The van der Waals surface area contributed by atoms with E-state index in [0.717, 1.165) is 0 Å². The molecule has 1 amide bonds. The number of carbonyl (C=O) groups excluding carboxylic acids is 1. The second kappa shape index (κ2) is 7.85. The topological polar surface area (TPSA) is 59.0 Å². The predicted molar refractivity (Wildman–Crippen MR) is 94.8 cm³/mol. The number of halogens is 1. The Kier molecular flexibility index (Phi) is 5.54. The van der Waals surface area contributed by atoms with Gasteiger partial charge in [-0.1, -0.05) is 18.2 Å². The number of hydrogen-bond acceptors (Lipinski definition) is 4. The van der Waals surface area contributed by atoms with Crippen LogP contribution in [-0.4, -0.2) is 54.9 Å². The number of ether oxygens (including phenoxy) is 2. The summed E-state index contributed by atoms with van der Waals surface area (Å²) in [6, 6.07) is 13.3. The third-order valence-electron chi connectivity index (χ3n) is 4.63. The molecule has 6 heteroatoms. The average molecular weight is 359 g/mol. The van der Waals surface area contributed by atoms with Gasteiger partial charge in [0.25, 0.3) is 5.91 Å². The highest BCUT2D eigenvalue weighted by molar-refractivity contribution is 5.94. The van der Waals surface area contributed by atoms with Gasteiger partial charge in [-0.05, 0) is 35.9 Å². The summed E-state index contributed by atoms with van der Waals surface area (Å²) in [6.07, 6.45) is 0.197. The molecule has 0 spiro atoms. The Morgan fingerprint density at radius 2 is 2.00 bits per heavy atom. The number of amides is 1. The maximum absolute atomic E-state index is 14.0. The Balaban J connectivity index is 1.77.